The summed E-state index contributed by atoms with van der Waals surface area (Å²) < 4.78 is 6.33. The lowest BCUT2D eigenvalue weighted by Crippen LogP contribution is -2.46. The average Bonchev–Trinajstić information content (AvgIpc) is 2.66. The molecule has 1 atom stereocenters. The van der Waals surface area contributed by atoms with Crippen LogP contribution in [0.15, 0.2) is 58.6 Å². The minimum Gasteiger partial charge on any atom is -0.478 e. The molecule has 8 heteroatoms. The van der Waals surface area contributed by atoms with Crippen molar-refractivity contribution in [2.45, 2.75) is 6.04 Å². The molecule has 0 aliphatic carbocycles. The number of carbonyl (C=O) groups excluding carboxylic acids is 1. The van der Waals surface area contributed by atoms with Crippen molar-refractivity contribution in [1.29, 1.82) is 5.26 Å². The van der Waals surface area contributed by atoms with Crippen LogP contribution in [0.25, 0.3) is 5.70 Å². The standard InChI is InChI=1S/C19H15BrN4O2S/c20-12-6-7-14(26-9-8-21)13(10-12)17-15(18(22)25)16(23-19(27)24-17)11-4-2-1-3-5-11/h1-7,10,17H,9H2,(H2,22,25)(H2,23,24,27). The molecule has 1 unspecified atom stereocenters. The summed E-state index contributed by atoms with van der Waals surface area (Å²) in [6.45, 7) is -0.120. The number of nitriles is 1. The normalized spacial score (nSPS) is 16.1. The van der Waals surface area contributed by atoms with Crippen LogP contribution in [0.3, 0.4) is 0 Å². The molecule has 0 bridgehead atoms. The summed E-state index contributed by atoms with van der Waals surface area (Å²) in [5.74, 6) is -0.124. The number of rotatable bonds is 5. The predicted octanol–water partition coefficient (Wildman–Crippen LogP) is 2.77. The Morgan fingerprint density at radius 2 is 2.04 bits per heavy atom. The molecule has 1 aliphatic heterocycles. The number of carbonyl (C=O) groups is 1. The number of amides is 1. The second-order valence-corrected chi connectivity index (χ2v) is 7.00. The summed E-state index contributed by atoms with van der Waals surface area (Å²) in [5.41, 5.74) is 8.04. The van der Waals surface area contributed by atoms with Gasteiger partial charge in [0.2, 0.25) is 5.91 Å². The van der Waals surface area contributed by atoms with Gasteiger partial charge in [0.1, 0.15) is 11.8 Å². The van der Waals surface area contributed by atoms with E-state index in [0.717, 1.165) is 10.0 Å². The van der Waals surface area contributed by atoms with Gasteiger partial charge in [0.25, 0.3) is 0 Å². The topological polar surface area (TPSA) is 100 Å². The Morgan fingerprint density at radius 3 is 2.70 bits per heavy atom. The van der Waals surface area contributed by atoms with Crippen molar-refractivity contribution in [3.63, 3.8) is 0 Å². The van der Waals surface area contributed by atoms with E-state index in [0.29, 0.717) is 27.7 Å². The number of halogens is 1. The van der Waals surface area contributed by atoms with Crippen LogP contribution < -0.4 is 21.1 Å². The van der Waals surface area contributed by atoms with Crippen LogP contribution >= 0.6 is 28.1 Å². The Bertz CT molecular complexity index is 969. The molecule has 6 nitrogen and oxygen atoms in total. The quantitative estimate of drug-likeness (QED) is 0.615. The fourth-order valence-corrected chi connectivity index (χ4v) is 3.48. The Hall–Kier alpha value is -2.89. The maximum atomic E-state index is 12.4. The van der Waals surface area contributed by atoms with Crippen LogP contribution in [-0.4, -0.2) is 17.6 Å². The molecule has 3 rings (SSSR count). The van der Waals surface area contributed by atoms with E-state index in [2.05, 4.69) is 26.6 Å². The van der Waals surface area contributed by atoms with Gasteiger partial charge >= 0.3 is 0 Å². The van der Waals surface area contributed by atoms with E-state index < -0.39 is 11.9 Å². The van der Waals surface area contributed by atoms with E-state index in [1.807, 2.05) is 42.5 Å². The van der Waals surface area contributed by atoms with Crippen molar-refractivity contribution in [1.82, 2.24) is 10.6 Å². The average molecular weight is 443 g/mol. The molecular formula is C19H15BrN4O2S. The Balaban J connectivity index is 2.19. The fraction of sp³-hybridized carbons (Fsp3) is 0.105. The zero-order chi connectivity index (χ0) is 19.4. The molecule has 0 radical (unpaired) electrons. The molecule has 0 saturated carbocycles. The second-order valence-electron chi connectivity index (χ2n) is 5.68. The third kappa shape index (κ3) is 4.10. The predicted molar refractivity (Wildman–Crippen MR) is 109 cm³/mol. The molecule has 0 aromatic heterocycles. The third-order valence-corrected chi connectivity index (χ3v) is 4.69. The number of hydrogen-bond acceptors (Lipinski definition) is 4. The van der Waals surface area contributed by atoms with E-state index in [9.17, 15) is 4.79 Å². The van der Waals surface area contributed by atoms with Gasteiger partial charge in [-0.15, -0.1) is 0 Å². The third-order valence-electron chi connectivity index (χ3n) is 3.97. The van der Waals surface area contributed by atoms with Gasteiger partial charge in [-0.25, -0.2) is 0 Å². The number of hydrogen-bond donors (Lipinski definition) is 3. The lowest BCUT2D eigenvalue weighted by molar-refractivity contribution is -0.114. The number of primary amides is 1. The summed E-state index contributed by atoms with van der Waals surface area (Å²) in [6, 6.07) is 16.0. The number of nitrogens with one attached hydrogen (secondary N) is 2. The van der Waals surface area contributed by atoms with Crippen molar-refractivity contribution in [3.05, 3.63) is 69.7 Å². The molecule has 0 spiro atoms. The first-order valence-electron chi connectivity index (χ1n) is 7.97. The molecule has 1 amide bonds. The van der Waals surface area contributed by atoms with Gasteiger partial charge in [0, 0.05) is 10.0 Å². The van der Waals surface area contributed by atoms with E-state index in [-0.39, 0.29) is 6.61 Å². The molecule has 2 aromatic rings. The van der Waals surface area contributed by atoms with Crippen LogP contribution in [0.4, 0.5) is 0 Å². The van der Waals surface area contributed by atoms with Gasteiger partial charge in [-0.3, -0.25) is 4.79 Å². The van der Waals surface area contributed by atoms with Gasteiger partial charge in [-0.2, -0.15) is 5.26 Å². The van der Waals surface area contributed by atoms with Crippen molar-refractivity contribution in [3.8, 4) is 11.8 Å². The van der Waals surface area contributed by atoms with Crippen LogP contribution in [0.1, 0.15) is 17.2 Å². The highest BCUT2D eigenvalue weighted by Gasteiger charge is 2.32. The molecule has 0 saturated heterocycles. The lowest BCUT2D eigenvalue weighted by atomic mass is 9.92. The molecule has 4 N–H and O–H groups in total. The molecule has 2 aromatic carbocycles. The van der Waals surface area contributed by atoms with E-state index in [4.69, 9.17) is 28.0 Å². The number of nitrogens with two attached hydrogens (primary N) is 1. The van der Waals surface area contributed by atoms with Gasteiger partial charge in [-0.1, -0.05) is 46.3 Å². The monoisotopic (exact) mass is 442 g/mol. The first-order chi connectivity index (χ1) is 13.0. The van der Waals surface area contributed by atoms with Gasteiger partial charge < -0.3 is 21.1 Å². The molecule has 136 valence electrons. The fourth-order valence-electron chi connectivity index (χ4n) is 2.88. The van der Waals surface area contributed by atoms with Crippen molar-refractivity contribution >= 4 is 44.9 Å². The van der Waals surface area contributed by atoms with Crippen LogP contribution in [0.5, 0.6) is 5.75 Å². The zero-order valence-corrected chi connectivity index (χ0v) is 16.4. The number of ether oxygens (including phenoxy) is 1. The Labute approximate surface area is 170 Å². The summed E-state index contributed by atoms with van der Waals surface area (Å²) in [5, 5.41) is 15.3. The SMILES string of the molecule is N#CCOc1ccc(Br)cc1C1NC(=S)NC(c2ccccc2)=C1C(N)=O. The Morgan fingerprint density at radius 1 is 1.30 bits per heavy atom. The highest BCUT2D eigenvalue weighted by atomic mass is 79.9. The smallest absolute Gasteiger partial charge is 0.249 e. The first kappa shape index (κ1) is 18.9. The molecule has 0 fully saturated rings. The van der Waals surface area contributed by atoms with Gasteiger partial charge in [0.15, 0.2) is 11.7 Å². The highest BCUT2D eigenvalue weighted by Crippen LogP contribution is 2.36. The summed E-state index contributed by atoms with van der Waals surface area (Å²) in [7, 11) is 0. The molecular weight excluding hydrogens is 428 g/mol. The van der Waals surface area contributed by atoms with Gasteiger partial charge in [-0.05, 0) is 36.0 Å². The van der Waals surface area contributed by atoms with E-state index in [1.54, 1.807) is 12.1 Å². The van der Waals surface area contributed by atoms with Crippen LogP contribution in [0, 0.1) is 11.3 Å². The summed E-state index contributed by atoms with van der Waals surface area (Å²) in [4.78, 5) is 12.4. The van der Waals surface area contributed by atoms with Crippen molar-refractivity contribution in [2.24, 2.45) is 5.73 Å². The zero-order valence-electron chi connectivity index (χ0n) is 14.0. The molecule has 1 heterocycles. The molecule has 1 aliphatic rings. The number of nitrogens with zero attached hydrogens (tertiary/aromatic N) is 1. The molecule has 27 heavy (non-hydrogen) atoms. The van der Waals surface area contributed by atoms with E-state index in [1.165, 1.54) is 0 Å². The maximum absolute atomic E-state index is 12.4. The summed E-state index contributed by atoms with van der Waals surface area (Å²) >= 11 is 8.78. The minimum absolute atomic E-state index is 0.120. The van der Waals surface area contributed by atoms with E-state index >= 15 is 0 Å². The lowest BCUT2D eigenvalue weighted by Gasteiger charge is -2.31. The first-order valence-corrected chi connectivity index (χ1v) is 9.17. The minimum atomic E-state index is -0.627. The van der Waals surface area contributed by atoms with Crippen molar-refractivity contribution < 1.29 is 9.53 Å². The number of thiocarbonyl (C=S) groups is 1. The largest absolute Gasteiger partial charge is 0.478 e. The van der Waals surface area contributed by atoms with Crippen molar-refractivity contribution in [2.75, 3.05) is 6.61 Å². The highest BCUT2D eigenvalue weighted by molar-refractivity contribution is 9.10. The van der Waals surface area contributed by atoms with Crippen LogP contribution in [0.2, 0.25) is 0 Å². The van der Waals surface area contributed by atoms with Crippen LogP contribution in [-0.2, 0) is 4.79 Å². The maximum Gasteiger partial charge on any atom is 0.249 e. The Kier molecular flexibility index (Phi) is 5.74. The summed E-state index contributed by atoms with van der Waals surface area (Å²) in [6.07, 6.45) is 0. The van der Waals surface area contributed by atoms with Gasteiger partial charge in [0.05, 0.1) is 17.3 Å². The second kappa shape index (κ2) is 8.20. The number of benzene rings is 2.